The number of carbonyl (C=O) groups excluding carboxylic acids is 1. The third kappa shape index (κ3) is 3.50. The summed E-state index contributed by atoms with van der Waals surface area (Å²) in [5.41, 5.74) is 1.49. The number of para-hydroxylation sites is 1. The number of benzene rings is 1. The van der Waals surface area contributed by atoms with Gasteiger partial charge in [-0.2, -0.15) is 0 Å². The molecule has 1 saturated heterocycles. The maximum absolute atomic E-state index is 12.4. The minimum absolute atomic E-state index is 0.00190. The van der Waals surface area contributed by atoms with E-state index < -0.39 is 0 Å². The Labute approximate surface area is 136 Å². The van der Waals surface area contributed by atoms with Crippen LogP contribution in [0, 0.1) is 0 Å². The van der Waals surface area contributed by atoms with Crippen LogP contribution in [-0.4, -0.2) is 37.9 Å². The molecule has 0 aromatic heterocycles. The van der Waals surface area contributed by atoms with Gasteiger partial charge >= 0.3 is 0 Å². The van der Waals surface area contributed by atoms with Crippen molar-refractivity contribution in [3.63, 3.8) is 0 Å². The molecule has 1 fully saturated rings. The zero-order valence-corrected chi connectivity index (χ0v) is 13.6. The van der Waals surface area contributed by atoms with Crippen LogP contribution in [0.4, 0.5) is 0 Å². The van der Waals surface area contributed by atoms with E-state index >= 15 is 0 Å². The predicted molar refractivity (Wildman–Crippen MR) is 87.7 cm³/mol. The first-order chi connectivity index (χ1) is 11.2. The highest BCUT2D eigenvalue weighted by Crippen LogP contribution is 2.35. The molecule has 5 heteroatoms. The molecule has 23 heavy (non-hydrogen) atoms. The number of fused-ring (bicyclic) bond motifs is 1. The second-order valence-corrected chi connectivity index (χ2v) is 5.88. The minimum Gasteiger partial charge on any atom is -0.490 e. The topological polar surface area (TPSA) is 56.8 Å². The van der Waals surface area contributed by atoms with Gasteiger partial charge in [0.2, 0.25) is 0 Å². The minimum atomic E-state index is -0.0968. The van der Waals surface area contributed by atoms with Crippen LogP contribution in [0.5, 0.6) is 11.5 Å². The van der Waals surface area contributed by atoms with Crippen molar-refractivity contribution in [1.29, 1.82) is 0 Å². The molecule has 2 aliphatic rings. The molecule has 0 radical (unpaired) electrons. The summed E-state index contributed by atoms with van der Waals surface area (Å²) < 4.78 is 16.9. The van der Waals surface area contributed by atoms with Gasteiger partial charge in [0.25, 0.3) is 5.91 Å². The van der Waals surface area contributed by atoms with Crippen LogP contribution >= 0.6 is 0 Å². The number of nitrogens with one attached hydrogen (secondary N) is 1. The van der Waals surface area contributed by atoms with Crippen LogP contribution in [0.1, 0.15) is 32.3 Å². The average molecular weight is 317 g/mol. The lowest BCUT2D eigenvalue weighted by molar-refractivity contribution is -0.119. The maximum atomic E-state index is 12.4. The molecule has 1 N–H and O–H groups in total. The van der Waals surface area contributed by atoms with Crippen LogP contribution in [0.25, 0.3) is 6.08 Å². The molecule has 1 aromatic rings. The van der Waals surface area contributed by atoms with Gasteiger partial charge in [-0.1, -0.05) is 12.1 Å². The van der Waals surface area contributed by atoms with E-state index in [1.54, 1.807) is 0 Å². The molecule has 1 aromatic carbocycles. The summed E-state index contributed by atoms with van der Waals surface area (Å²) in [4.78, 5) is 12.4. The van der Waals surface area contributed by atoms with E-state index in [0.717, 1.165) is 25.0 Å². The van der Waals surface area contributed by atoms with Crippen molar-refractivity contribution < 1.29 is 19.0 Å². The fraction of sp³-hybridized carbons (Fsp3) is 0.500. The van der Waals surface area contributed by atoms with E-state index in [0.29, 0.717) is 23.7 Å². The molecule has 0 spiro atoms. The molecular formula is C18H23NO4. The van der Waals surface area contributed by atoms with Crippen molar-refractivity contribution in [2.75, 3.05) is 19.8 Å². The number of carbonyl (C=O) groups is 1. The van der Waals surface area contributed by atoms with Crippen molar-refractivity contribution in [3.05, 3.63) is 29.3 Å². The Morgan fingerprint density at radius 3 is 3.09 bits per heavy atom. The highest BCUT2D eigenvalue weighted by molar-refractivity contribution is 5.99. The fourth-order valence-electron chi connectivity index (χ4n) is 2.97. The smallest absolute Gasteiger partial charge is 0.250 e. The Morgan fingerprint density at radius 2 is 2.35 bits per heavy atom. The molecule has 2 unspecified atom stereocenters. The van der Waals surface area contributed by atoms with Crippen molar-refractivity contribution in [2.45, 2.75) is 38.8 Å². The quantitative estimate of drug-likeness (QED) is 0.907. The molecule has 3 rings (SSSR count). The lowest BCUT2D eigenvalue weighted by Gasteiger charge is -2.23. The van der Waals surface area contributed by atoms with Gasteiger partial charge in [-0.3, -0.25) is 4.79 Å². The van der Waals surface area contributed by atoms with E-state index in [1.165, 1.54) is 0 Å². The third-order valence-corrected chi connectivity index (χ3v) is 4.18. The Morgan fingerprint density at radius 1 is 1.48 bits per heavy atom. The average Bonchev–Trinajstić information content (AvgIpc) is 3.09. The first-order valence-electron chi connectivity index (χ1n) is 8.20. The molecular weight excluding hydrogens is 294 g/mol. The number of rotatable bonds is 5. The Kier molecular flexibility index (Phi) is 4.86. The van der Waals surface area contributed by atoms with Crippen LogP contribution in [0.2, 0.25) is 0 Å². The standard InChI is InChI=1S/C18H23NO4/c1-3-21-16-7-4-6-13-10-14(11-23-17(13)16)18(20)19-12(2)15-8-5-9-22-15/h4,6-7,10,12,15H,3,5,8-9,11H2,1-2H3,(H,19,20). The predicted octanol–water partition coefficient (Wildman–Crippen LogP) is 2.54. The van der Waals surface area contributed by atoms with Crippen LogP contribution < -0.4 is 14.8 Å². The van der Waals surface area contributed by atoms with E-state index in [4.69, 9.17) is 14.2 Å². The van der Waals surface area contributed by atoms with Gasteiger partial charge in [-0.05, 0) is 38.8 Å². The van der Waals surface area contributed by atoms with Crippen LogP contribution in [0.3, 0.4) is 0 Å². The van der Waals surface area contributed by atoms with Crippen LogP contribution in [-0.2, 0) is 9.53 Å². The van der Waals surface area contributed by atoms with Crippen molar-refractivity contribution in [2.24, 2.45) is 0 Å². The summed E-state index contributed by atoms with van der Waals surface area (Å²) in [5, 5.41) is 3.02. The summed E-state index contributed by atoms with van der Waals surface area (Å²) in [6.45, 7) is 5.53. The first-order valence-corrected chi connectivity index (χ1v) is 8.20. The van der Waals surface area contributed by atoms with Crippen molar-refractivity contribution in [1.82, 2.24) is 5.32 Å². The number of ether oxygens (including phenoxy) is 3. The summed E-state index contributed by atoms with van der Waals surface area (Å²) in [5.74, 6) is 1.33. The second-order valence-electron chi connectivity index (χ2n) is 5.88. The summed E-state index contributed by atoms with van der Waals surface area (Å²) in [7, 11) is 0. The molecule has 2 heterocycles. The Bertz CT molecular complexity index is 605. The third-order valence-electron chi connectivity index (χ3n) is 4.18. The number of amides is 1. The van der Waals surface area contributed by atoms with Gasteiger partial charge in [0.05, 0.1) is 24.3 Å². The van der Waals surface area contributed by atoms with Gasteiger partial charge in [-0.15, -0.1) is 0 Å². The zero-order valence-electron chi connectivity index (χ0n) is 13.6. The molecule has 1 amide bonds. The number of hydrogen-bond donors (Lipinski definition) is 1. The van der Waals surface area contributed by atoms with Crippen LogP contribution in [0.15, 0.2) is 23.8 Å². The molecule has 2 atom stereocenters. The summed E-state index contributed by atoms with van der Waals surface area (Å²) in [6.07, 6.45) is 4.04. The largest absolute Gasteiger partial charge is 0.490 e. The molecule has 0 bridgehead atoms. The molecule has 124 valence electrons. The van der Waals surface area contributed by atoms with Gasteiger partial charge in [0.15, 0.2) is 11.5 Å². The first kappa shape index (κ1) is 15.9. The van der Waals surface area contributed by atoms with Gasteiger partial charge in [0.1, 0.15) is 6.61 Å². The SMILES string of the molecule is CCOc1cccc2c1OCC(C(=O)NC(C)C1CCCO1)=C2. The molecule has 5 nitrogen and oxygen atoms in total. The second kappa shape index (κ2) is 7.04. The molecule has 0 aliphatic carbocycles. The Balaban J connectivity index is 1.71. The molecule has 2 aliphatic heterocycles. The van der Waals surface area contributed by atoms with E-state index in [2.05, 4.69) is 5.32 Å². The highest BCUT2D eigenvalue weighted by Gasteiger charge is 2.26. The summed E-state index contributed by atoms with van der Waals surface area (Å²) in [6, 6.07) is 5.70. The van der Waals surface area contributed by atoms with Gasteiger partial charge < -0.3 is 19.5 Å². The van der Waals surface area contributed by atoms with Gasteiger partial charge in [-0.25, -0.2) is 0 Å². The van der Waals surface area contributed by atoms with E-state index in [-0.39, 0.29) is 24.7 Å². The van der Waals surface area contributed by atoms with Crippen molar-refractivity contribution >= 4 is 12.0 Å². The van der Waals surface area contributed by atoms with E-state index in [9.17, 15) is 4.79 Å². The van der Waals surface area contributed by atoms with Gasteiger partial charge in [0, 0.05) is 12.2 Å². The van der Waals surface area contributed by atoms with E-state index in [1.807, 2.05) is 38.1 Å². The summed E-state index contributed by atoms with van der Waals surface area (Å²) >= 11 is 0. The Hall–Kier alpha value is -2.01. The highest BCUT2D eigenvalue weighted by atomic mass is 16.5. The normalized spacial score (nSPS) is 21.0. The maximum Gasteiger partial charge on any atom is 0.250 e. The molecule has 0 saturated carbocycles. The monoisotopic (exact) mass is 317 g/mol. The lowest BCUT2D eigenvalue weighted by atomic mass is 10.1. The lowest BCUT2D eigenvalue weighted by Crippen LogP contribution is -2.42. The van der Waals surface area contributed by atoms with Crippen molar-refractivity contribution in [3.8, 4) is 11.5 Å². The number of hydrogen-bond acceptors (Lipinski definition) is 4. The zero-order chi connectivity index (χ0) is 16.2. The fourth-order valence-corrected chi connectivity index (χ4v) is 2.97.